The number of carbonyl (C=O) groups is 1. The topological polar surface area (TPSA) is 81.8 Å². The maximum absolute atomic E-state index is 13.0. The number of aromatic nitrogens is 4. The molecule has 2 aromatic heterocycles. The molecule has 0 bridgehead atoms. The number of hydrogen-bond donors (Lipinski definition) is 1. The van der Waals surface area contributed by atoms with Crippen LogP contribution in [0.2, 0.25) is 0 Å². The lowest BCUT2D eigenvalue weighted by Gasteiger charge is -2.12. The Morgan fingerprint density at radius 1 is 1.00 bits per heavy atom. The average Bonchev–Trinajstić information content (AvgIpc) is 3.28. The van der Waals surface area contributed by atoms with E-state index in [0.717, 1.165) is 31.6 Å². The molecule has 33 heavy (non-hydrogen) atoms. The molecule has 0 spiro atoms. The molecule has 0 aliphatic rings. The highest BCUT2D eigenvalue weighted by molar-refractivity contribution is 6.04. The van der Waals surface area contributed by atoms with Gasteiger partial charge in [-0.25, -0.2) is 9.67 Å². The fourth-order valence-electron chi connectivity index (χ4n) is 3.93. The summed E-state index contributed by atoms with van der Waals surface area (Å²) in [6.07, 6.45) is 7.24. The Balaban J connectivity index is 1.47. The Labute approximate surface area is 193 Å². The van der Waals surface area contributed by atoms with Gasteiger partial charge in [0.05, 0.1) is 5.39 Å². The van der Waals surface area contributed by atoms with Gasteiger partial charge in [-0.05, 0) is 18.1 Å². The number of hydrogen-bond acceptors (Lipinski definition) is 4. The Bertz CT molecular complexity index is 1280. The maximum atomic E-state index is 13.0. The summed E-state index contributed by atoms with van der Waals surface area (Å²) in [4.78, 5) is 30.3. The first-order chi connectivity index (χ1) is 16.2. The zero-order chi connectivity index (χ0) is 23.0. The normalized spacial score (nSPS) is 11.1. The van der Waals surface area contributed by atoms with Crippen LogP contribution in [0.5, 0.6) is 0 Å². The van der Waals surface area contributed by atoms with Gasteiger partial charge >= 0.3 is 0 Å². The molecule has 7 heteroatoms. The van der Waals surface area contributed by atoms with Gasteiger partial charge in [-0.3, -0.25) is 9.59 Å². The number of rotatable bonds is 10. The van der Waals surface area contributed by atoms with Crippen LogP contribution in [0, 0.1) is 0 Å². The molecule has 0 aliphatic heterocycles. The quantitative estimate of drug-likeness (QED) is 0.378. The number of nitrogens with one attached hydrogen (secondary N) is 1. The predicted octanol–water partition coefficient (Wildman–Crippen LogP) is 3.80. The minimum atomic E-state index is -0.281. The Hall–Kier alpha value is -3.74. The number of fused-ring (bicyclic) bond motifs is 1. The van der Waals surface area contributed by atoms with Gasteiger partial charge in [-0.1, -0.05) is 68.3 Å². The van der Waals surface area contributed by atoms with Crippen molar-refractivity contribution in [3.8, 4) is 0 Å². The van der Waals surface area contributed by atoms with Gasteiger partial charge in [0.1, 0.15) is 5.82 Å². The average molecular weight is 444 g/mol. The molecule has 2 aromatic carbocycles. The largest absolute Gasteiger partial charge is 0.350 e. The van der Waals surface area contributed by atoms with Crippen molar-refractivity contribution >= 4 is 16.7 Å². The smallest absolute Gasteiger partial charge is 0.274 e. The standard InChI is InChI=1S/C26H29N5O2/c1-2-3-9-17-31-26(33)22-13-8-7-12-21(22)24(29-31)25(32)28-15-14-23-27-16-18-30(23)19-20-10-5-4-6-11-20/h4-8,10-13,16,18H,2-3,9,14-15,17,19H2,1H3,(H,28,32). The highest BCUT2D eigenvalue weighted by Crippen LogP contribution is 2.14. The molecular weight excluding hydrogens is 414 g/mol. The molecule has 0 fully saturated rings. The van der Waals surface area contributed by atoms with Gasteiger partial charge in [0.2, 0.25) is 0 Å². The van der Waals surface area contributed by atoms with E-state index >= 15 is 0 Å². The number of amides is 1. The van der Waals surface area contributed by atoms with E-state index < -0.39 is 0 Å². The van der Waals surface area contributed by atoms with Crippen LogP contribution in [0.25, 0.3) is 10.8 Å². The summed E-state index contributed by atoms with van der Waals surface area (Å²) in [6, 6.07) is 17.4. The zero-order valence-corrected chi connectivity index (χ0v) is 18.9. The van der Waals surface area contributed by atoms with E-state index in [1.54, 1.807) is 18.3 Å². The van der Waals surface area contributed by atoms with Gasteiger partial charge < -0.3 is 9.88 Å². The third kappa shape index (κ3) is 5.37. The lowest BCUT2D eigenvalue weighted by Crippen LogP contribution is -2.32. The van der Waals surface area contributed by atoms with Crippen molar-refractivity contribution in [1.82, 2.24) is 24.6 Å². The Kier molecular flexibility index (Phi) is 7.29. The molecule has 1 amide bonds. The molecule has 0 atom stereocenters. The Morgan fingerprint density at radius 2 is 1.76 bits per heavy atom. The molecular formula is C26H29N5O2. The summed E-state index contributed by atoms with van der Waals surface area (Å²) in [5.41, 5.74) is 1.33. The van der Waals surface area contributed by atoms with Gasteiger partial charge in [0.15, 0.2) is 5.69 Å². The molecule has 0 saturated carbocycles. The summed E-state index contributed by atoms with van der Waals surface area (Å²) < 4.78 is 3.52. The maximum Gasteiger partial charge on any atom is 0.274 e. The number of carbonyl (C=O) groups excluding carboxylic acids is 1. The van der Waals surface area contributed by atoms with E-state index in [0.29, 0.717) is 30.3 Å². The first-order valence-electron chi connectivity index (χ1n) is 11.5. The summed E-state index contributed by atoms with van der Waals surface area (Å²) in [5.74, 6) is 0.623. The second kappa shape index (κ2) is 10.7. The number of aryl methyl sites for hydroxylation is 1. The molecule has 0 saturated heterocycles. The first kappa shape index (κ1) is 22.5. The SMILES string of the molecule is CCCCCn1nc(C(=O)NCCc2nccn2Cc2ccccc2)c2ccccc2c1=O. The molecule has 0 radical (unpaired) electrons. The van der Waals surface area contributed by atoms with E-state index in [1.807, 2.05) is 36.5 Å². The molecule has 0 aliphatic carbocycles. The minimum absolute atomic E-state index is 0.152. The lowest BCUT2D eigenvalue weighted by atomic mass is 10.1. The molecule has 170 valence electrons. The monoisotopic (exact) mass is 443 g/mol. The van der Waals surface area contributed by atoms with Crippen LogP contribution >= 0.6 is 0 Å². The molecule has 4 aromatic rings. The van der Waals surface area contributed by atoms with Gasteiger partial charge in [-0.2, -0.15) is 5.10 Å². The van der Waals surface area contributed by atoms with Crippen molar-refractivity contribution in [2.45, 2.75) is 45.7 Å². The van der Waals surface area contributed by atoms with Crippen LogP contribution in [0.3, 0.4) is 0 Å². The van der Waals surface area contributed by atoms with Crippen LogP contribution in [-0.4, -0.2) is 31.8 Å². The van der Waals surface area contributed by atoms with Crippen molar-refractivity contribution in [3.05, 3.63) is 94.4 Å². The van der Waals surface area contributed by atoms with Crippen LogP contribution in [-0.2, 0) is 19.5 Å². The third-order valence-electron chi connectivity index (χ3n) is 5.69. The third-order valence-corrected chi connectivity index (χ3v) is 5.69. The molecule has 2 heterocycles. The van der Waals surface area contributed by atoms with Crippen molar-refractivity contribution in [1.29, 1.82) is 0 Å². The van der Waals surface area contributed by atoms with E-state index in [-0.39, 0.29) is 17.2 Å². The van der Waals surface area contributed by atoms with Crippen LogP contribution < -0.4 is 10.9 Å². The van der Waals surface area contributed by atoms with E-state index in [2.05, 4.69) is 39.0 Å². The number of benzene rings is 2. The van der Waals surface area contributed by atoms with Gasteiger partial charge in [-0.15, -0.1) is 0 Å². The second-order valence-corrected chi connectivity index (χ2v) is 8.09. The van der Waals surface area contributed by atoms with E-state index in [4.69, 9.17) is 0 Å². The van der Waals surface area contributed by atoms with Crippen LogP contribution in [0.4, 0.5) is 0 Å². The van der Waals surface area contributed by atoms with E-state index in [9.17, 15) is 9.59 Å². The lowest BCUT2D eigenvalue weighted by molar-refractivity contribution is 0.0948. The molecule has 7 nitrogen and oxygen atoms in total. The summed E-state index contributed by atoms with van der Waals surface area (Å²) in [7, 11) is 0. The molecule has 4 rings (SSSR count). The number of unbranched alkanes of at least 4 members (excludes halogenated alkanes) is 2. The van der Waals surface area contributed by atoms with Crippen molar-refractivity contribution in [2.24, 2.45) is 0 Å². The van der Waals surface area contributed by atoms with Crippen molar-refractivity contribution in [2.75, 3.05) is 6.54 Å². The fraction of sp³-hybridized carbons (Fsp3) is 0.308. The highest BCUT2D eigenvalue weighted by Gasteiger charge is 2.16. The van der Waals surface area contributed by atoms with Crippen molar-refractivity contribution in [3.63, 3.8) is 0 Å². The predicted molar refractivity (Wildman–Crippen MR) is 129 cm³/mol. The van der Waals surface area contributed by atoms with Gasteiger partial charge in [0, 0.05) is 43.8 Å². The number of imidazole rings is 1. The second-order valence-electron chi connectivity index (χ2n) is 8.09. The van der Waals surface area contributed by atoms with Crippen LogP contribution in [0.15, 0.2) is 71.8 Å². The molecule has 0 unspecified atom stereocenters. The van der Waals surface area contributed by atoms with E-state index in [1.165, 1.54) is 10.2 Å². The summed E-state index contributed by atoms with van der Waals surface area (Å²) in [6.45, 7) is 3.78. The first-order valence-corrected chi connectivity index (χ1v) is 11.5. The van der Waals surface area contributed by atoms with Gasteiger partial charge in [0.25, 0.3) is 11.5 Å². The summed E-state index contributed by atoms with van der Waals surface area (Å²) >= 11 is 0. The number of nitrogens with zero attached hydrogens (tertiary/aromatic N) is 4. The highest BCUT2D eigenvalue weighted by atomic mass is 16.2. The van der Waals surface area contributed by atoms with Crippen molar-refractivity contribution < 1.29 is 4.79 Å². The molecule has 1 N–H and O–H groups in total. The zero-order valence-electron chi connectivity index (χ0n) is 18.9. The Morgan fingerprint density at radius 3 is 2.55 bits per heavy atom. The summed E-state index contributed by atoms with van der Waals surface area (Å²) in [5, 5.41) is 8.50. The van der Waals surface area contributed by atoms with Crippen LogP contribution in [0.1, 0.15) is 48.1 Å². The fourth-order valence-corrected chi connectivity index (χ4v) is 3.93. The minimum Gasteiger partial charge on any atom is -0.350 e.